The zero-order valence-corrected chi connectivity index (χ0v) is 20.2. The predicted octanol–water partition coefficient (Wildman–Crippen LogP) is 4.75. The summed E-state index contributed by atoms with van der Waals surface area (Å²) in [5.74, 6) is -0.116. The number of carbonyl (C=O) groups is 1. The van der Waals surface area contributed by atoms with Crippen molar-refractivity contribution in [2.45, 2.75) is 5.16 Å². The lowest BCUT2D eigenvalue weighted by Crippen LogP contribution is -2.23. The molecule has 2 N–H and O–H groups in total. The normalized spacial score (nSPS) is 11.1. The molecule has 2 heterocycles. The van der Waals surface area contributed by atoms with E-state index in [2.05, 4.69) is 10.3 Å². The van der Waals surface area contributed by atoms with Crippen LogP contribution >= 0.6 is 11.8 Å². The molecule has 0 bridgehead atoms. The fraction of sp³-hybridized carbons (Fsp3) is 0.115. The van der Waals surface area contributed by atoms with E-state index in [9.17, 15) is 14.0 Å². The molecule has 0 fully saturated rings. The lowest BCUT2D eigenvalue weighted by Gasteiger charge is -2.14. The first-order valence-corrected chi connectivity index (χ1v) is 11.9. The standard InChI is InChI=1S/C26H21FN4O4S/c1-34-20-12-11-15(13-21(20)35-2)31-25(33)24-23(16-7-3-5-9-18(16)29-24)30-26(31)36-14-22(32)28-19-10-6-4-8-17(19)27/h3-13,29H,14H2,1-2H3,(H,28,32). The van der Waals surface area contributed by atoms with Gasteiger partial charge in [-0.1, -0.05) is 42.1 Å². The van der Waals surface area contributed by atoms with Crippen LogP contribution < -0.4 is 20.3 Å². The Morgan fingerprint density at radius 2 is 1.81 bits per heavy atom. The molecule has 2 aromatic heterocycles. The van der Waals surface area contributed by atoms with Crippen molar-refractivity contribution < 1.29 is 18.7 Å². The molecule has 0 radical (unpaired) electrons. The predicted molar refractivity (Wildman–Crippen MR) is 138 cm³/mol. The molecule has 0 saturated carbocycles. The molecular formula is C26H21FN4O4S. The number of benzene rings is 3. The van der Waals surface area contributed by atoms with Gasteiger partial charge in [0.1, 0.15) is 16.9 Å². The molecule has 3 aromatic carbocycles. The number of hydrogen-bond acceptors (Lipinski definition) is 6. The molecule has 1 amide bonds. The van der Waals surface area contributed by atoms with Gasteiger partial charge in [0, 0.05) is 17.0 Å². The van der Waals surface area contributed by atoms with Gasteiger partial charge < -0.3 is 19.8 Å². The van der Waals surface area contributed by atoms with E-state index in [1.54, 1.807) is 30.3 Å². The number of halogens is 1. The fourth-order valence-electron chi connectivity index (χ4n) is 3.91. The highest BCUT2D eigenvalue weighted by atomic mass is 32.2. The van der Waals surface area contributed by atoms with Crippen molar-refractivity contribution in [1.29, 1.82) is 0 Å². The summed E-state index contributed by atoms with van der Waals surface area (Å²) in [4.78, 5) is 34.3. The monoisotopic (exact) mass is 504 g/mol. The quantitative estimate of drug-likeness (QED) is 0.245. The van der Waals surface area contributed by atoms with Crippen molar-refractivity contribution in [2.24, 2.45) is 0 Å². The highest BCUT2D eigenvalue weighted by molar-refractivity contribution is 7.99. The Hall–Kier alpha value is -4.31. The molecule has 0 unspecified atom stereocenters. The van der Waals surface area contributed by atoms with E-state index in [1.165, 1.54) is 30.9 Å². The van der Waals surface area contributed by atoms with E-state index < -0.39 is 11.7 Å². The average molecular weight is 505 g/mol. The van der Waals surface area contributed by atoms with Gasteiger partial charge in [-0.3, -0.25) is 14.2 Å². The van der Waals surface area contributed by atoms with Crippen LogP contribution in [0.5, 0.6) is 11.5 Å². The van der Waals surface area contributed by atoms with Gasteiger partial charge in [0.25, 0.3) is 5.56 Å². The number of carbonyl (C=O) groups excluding carboxylic acids is 1. The van der Waals surface area contributed by atoms with Crippen molar-refractivity contribution in [3.8, 4) is 17.2 Å². The number of para-hydroxylation sites is 2. The molecule has 182 valence electrons. The minimum Gasteiger partial charge on any atom is -0.493 e. The average Bonchev–Trinajstić information content (AvgIpc) is 3.27. The van der Waals surface area contributed by atoms with Crippen LogP contribution in [0.15, 0.2) is 76.7 Å². The van der Waals surface area contributed by atoms with Crippen molar-refractivity contribution in [2.75, 3.05) is 25.3 Å². The number of H-pyrrole nitrogens is 1. The highest BCUT2D eigenvalue weighted by Gasteiger charge is 2.19. The molecule has 5 aromatic rings. The Kier molecular flexibility index (Phi) is 6.34. The minimum absolute atomic E-state index is 0.0837. The number of amides is 1. The van der Waals surface area contributed by atoms with E-state index >= 15 is 0 Å². The van der Waals surface area contributed by atoms with Crippen LogP contribution in [-0.4, -0.2) is 40.4 Å². The number of hydrogen-bond donors (Lipinski definition) is 2. The zero-order valence-electron chi connectivity index (χ0n) is 19.4. The largest absolute Gasteiger partial charge is 0.493 e. The van der Waals surface area contributed by atoms with Gasteiger partial charge in [0.15, 0.2) is 16.7 Å². The molecule has 10 heteroatoms. The minimum atomic E-state index is -0.531. The first kappa shape index (κ1) is 23.4. The molecule has 0 aliphatic rings. The van der Waals surface area contributed by atoms with Crippen LogP contribution in [0.2, 0.25) is 0 Å². The van der Waals surface area contributed by atoms with Crippen LogP contribution in [-0.2, 0) is 4.79 Å². The van der Waals surface area contributed by atoms with Crippen molar-refractivity contribution in [3.05, 3.63) is 82.9 Å². The maximum atomic E-state index is 14.0. The Morgan fingerprint density at radius 3 is 2.58 bits per heavy atom. The van der Waals surface area contributed by atoms with E-state index in [0.717, 1.165) is 22.7 Å². The number of aromatic amines is 1. The number of nitrogens with one attached hydrogen (secondary N) is 2. The molecule has 0 saturated heterocycles. The first-order chi connectivity index (χ1) is 17.5. The number of fused-ring (bicyclic) bond motifs is 3. The van der Waals surface area contributed by atoms with Gasteiger partial charge in [-0.05, 0) is 30.3 Å². The van der Waals surface area contributed by atoms with Gasteiger partial charge in [0.05, 0.1) is 31.3 Å². The molecule has 36 heavy (non-hydrogen) atoms. The second kappa shape index (κ2) is 9.74. The number of anilines is 1. The third-order valence-corrected chi connectivity index (χ3v) is 6.54. The Morgan fingerprint density at radius 1 is 1.06 bits per heavy atom. The van der Waals surface area contributed by atoms with Gasteiger partial charge in [-0.15, -0.1) is 0 Å². The Balaban J connectivity index is 1.60. The van der Waals surface area contributed by atoms with E-state index in [1.807, 2.05) is 24.3 Å². The summed E-state index contributed by atoms with van der Waals surface area (Å²) in [6.07, 6.45) is 0. The number of methoxy groups -OCH3 is 2. The van der Waals surface area contributed by atoms with Crippen LogP contribution in [0.4, 0.5) is 10.1 Å². The summed E-state index contributed by atoms with van der Waals surface area (Å²) in [7, 11) is 3.03. The van der Waals surface area contributed by atoms with Gasteiger partial charge >= 0.3 is 0 Å². The summed E-state index contributed by atoms with van der Waals surface area (Å²) >= 11 is 1.07. The summed E-state index contributed by atoms with van der Waals surface area (Å²) in [6, 6.07) is 18.5. The second-order valence-electron chi connectivity index (χ2n) is 7.79. The Bertz CT molecular complexity index is 1660. The zero-order chi connectivity index (χ0) is 25.2. The second-order valence-corrected chi connectivity index (χ2v) is 8.73. The summed E-state index contributed by atoms with van der Waals surface area (Å²) < 4.78 is 26.1. The van der Waals surface area contributed by atoms with Crippen LogP contribution in [0.1, 0.15) is 0 Å². The fourth-order valence-corrected chi connectivity index (χ4v) is 4.72. The van der Waals surface area contributed by atoms with Gasteiger partial charge in [-0.25, -0.2) is 9.37 Å². The number of rotatable bonds is 7. The number of nitrogens with zero attached hydrogens (tertiary/aromatic N) is 2. The van der Waals surface area contributed by atoms with E-state index in [0.29, 0.717) is 33.4 Å². The Labute approximate surface area is 209 Å². The maximum Gasteiger partial charge on any atom is 0.283 e. The van der Waals surface area contributed by atoms with Crippen LogP contribution in [0.3, 0.4) is 0 Å². The molecule has 5 rings (SSSR count). The molecule has 0 aliphatic carbocycles. The summed E-state index contributed by atoms with van der Waals surface area (Å²) in [5, 5.41) is 3.65. The number of ether oxygens (including phenoxy) is 2. The maximum absolute atomic E-state index is 14.0. The third-order valence-electron chi connectivity index (χ3n) is 5.60. The summed E-state index contributed by atoms with van der Waals surface area (Å²) in [5.41, 5.74) is 1.86. The van der Waals surface area contributed by atoms with Crippen LogP contribution in [0, 0.1) is 5.82 Å². The van der Waals surface area contributed by atoms with Crippen LogP contribution in [0.25, 0.3) is 27.6 Å². The van der Waals surface area contributed by atoms with Gasteiger partial charge in [0.2, 0.25) is 5.91 Å². The number of thioether (sulfide) groups is 1. The molecule has 0 atom stereocenters. The molecule has 0 aliphatic heterocycles. The van der Waals surface area contributed by atoms with Gasteiger partial charge in [-0.2, -0.15) is 0 Å². The third kappa shape index (κ3) is 4.27. The summed E-state index contributed by atoms with van der Waals surface area (Å²) in [6.45, 7) is 0. The molecule has 0 spiro atoms. The van der Waals surface area contributed by atoms with Crippen molar-refractivity contribution >= 4 is 45.3 Å². The lowest BCUT2D eigenvalue weighted by atomic mass is 10.2. The number of aromatic nitrogens is 3. The lowest BCUT2D eigenvalue weighted by molar-refractivity contribution is -0.113. The SMILES string of the molecule is COc1ccc(-n2c(SCC(=O)Nc3ccccc3F)nc3c([nH]c4ccccc43)c2=O)cc1OC. The molecular weight excluding hydrogens is 483 g/mol. The first-order valence-electron chi connectivity index (χ1n) is 10.9. The topological polar surface area (TPSA) is 98.2 Å². The smallest absolute Gasteiger partial charge is 0.283 e. The molecule has 8 nitrogen and oxygen atoms in total. The highest BCUT2D eigenvalue weighted by Crippen LogP contribution is 2.31. The van der Waals surface area contributed by atoms with Crippen molar-refractivity contribution in [1.82, 2.24) is 14.5 Å². The van der Waals surface area contributed by atoms with E-state index in [4.69, 9.17) is 14.5 Å². The van der Waals surface area contributed by atoms with Crippen molar-refractivity contribution in [3.63, 3.8) is 0 Å². The van der Waals surface area contributed by atoms with E-state index in [-0.39, 0.29) is 17.0 Å².